The third-order valence-corrected chi connectivity index (χ3v) is 3.38. The van der Waals surface area contributed by atoms with Crippen molar-refractivity contribution < 1.29 is 22.8 Å². The van der Waals surface area contributed by atoms with Gasteiger partial charge in [-0.2, -0.15) is 13.2 Å². The second kappa shape index (κ2) is 7.47. The lowest BCUT2D eigenvalue weighted by atomic mass is 10.2. The summed E-state index contributed by atoms with van der Waals surface area (Å²) >= 11 is 5.51. The fourth-order valence-electron chi connectivity index (χ4n) is 1.84. The van der Waals surface area contributed by atoms with E-state index in [0.717, 1.165) is 17.0 Å². The second-order valence-electron chi connectivity index (χ2n) is 5.00. The van der Waals surface area contributed by atoms with Gasteiger partial charge >= 0.3 is 6.18 Å². The van der Waals surface area contributed by atoms with Crippen molar-refractivity contribution in [1.82, 2.24) is 25.1 Å². The van der Waals surface area contributed by atoms with Gasteiger partial charge in [0.1, 0.15) is 12.9 Å². The first-order chi connectivity index (χ1) is 11.7. The molecule has 0 saturated heterocycles. The fraction of sp³-hybridized carbons (Fsp3) is 0.308. The highest BCUT2D eigenvalue weighted by atomic mass is 35.5. The molecule has 0 atom stereocenters. The maximum absolute atomic E-state index is 12.8. The SMILES string of the molecule is CN(CC(=O)Nc1ccc(Cl)c(C(F)(F)F)c1)C(=O)Cn1cnnn1. The van der Waals surface area contributed by atoms with E-state index in [-0.39, 0.29) is 18.8 Å². The Balaban J connectivity index is 1.97. The molecule has 134 valence electrons. The average molecular weight is 377 g/mol. The molecule has 0 radical (unpaired) electrons. The van der Waals surface area contributed by atoms with E-state index in [9.17, 15) is 22.8 Å². The van der Waals surface area contributed by atoms with Gasteiger partial charge in [0, 0.05) is 12.7 Å². The number of carbonyl (C=O) groups excluding carboxylic acids is 2. The molecule has 12 heteroatoms. The summed E-state index contributed by atoms with van der Waals surface area (Å²) in [5, 5.41) is 12.1. The summed E-state index contributed by atoms with van der Waals surface area (Å²) < 4.78 is 39.6. The van der Waals surface area contributed by atoms with Crippen LogP contribution in [0.3, 0.4) is 0 Å². The smallest absolute Gasteiger partial charge is 0.335 e. The van der Waals surface area contributed by atoms with Crippen molar-refractivity contribution >= 4 is 29.1 Å². The van der Waals surface area contributed by atoms with Crippen LogP contribution in [-0.4, -0.2) is 50.5 Å². The summed E-state index contributed by atoms with van der Waals surface area (Å²) in [6.07, 6.45) is -3.41. The summed E-state index contributed by atoms with van der Waals surface area (Å²) in [5.41, 5.74) is -1.14. The normalized spacial score (nSPS) is 11.2. The van der Waals surface area contributed by atoms with Crippen LogP contribution in [-0.2, 0) is 22.3 Å². The van der Waals surface area contributed by atoms with Gasteiger partial charge < -0.3 is 10.2 Å². The molecule has 0 spiro atoms. The molecule has 8 nitrogen and oxygen atoms in total. The number of rotatable bonds is 5. The van der Waals surface area contributed by atoms with Crippen molar-refractivity contribution in [3.63, 3.8) is 0 Å². The third kappa shape index (κ3) is 5.14. The molecule has 25 heavy (non-hydrogen) atoms. The van der Waals surface area contributed by atoms with Crippen molar-refractivity contribution in [3.8, 4) is 0 Å². The Hall–Kier alpha value is -2.69. The maximum atomic E-state index is 12.8. The highest BCUT2D eigenvalue weighted by molar-refractivity contribution is 6.31. The number of alkyl halides is 3. The number of tetrazole rings is 1. The number of benzene rings is 1. The summed E-state index contributed by atoms with van der Waals surface area (Å²) in [6, 6.07) is 2.99. The average Bonchev–Trinajstić information content (AvgIpc) is 3.00. The lowest BCUT2D eigenvalue weighted by Crippen LogP contribution is -2.37. The number of hydrogen-bond donors (Lipinski definition) is 1. The number of amides is 2. The lowest BCUT2D eigenvalue weighted by molar-refractivity contribution is -0.137. The largest absolute Gasteiger partial charge is 0.417 e. The Bertz CT molecular complexity index is 766. The van der Waals surface area contributed by atoms with Gasteiger partial charge in [-0.3, -0.25) is 9.59 Å². The Morgan fingerprint density at radius 2 is 2.08 bits per heavy atom. The molecule has 0 saturated carbocycles. The summed E-state index contributed by atoms with van der Waals surface area (Å²) in [4.78, 5) is 24.9. The standard InChI is InChI=1S/C13H12ClF3N6O2/c1-22(12(25)6-23-7-18-20-21-23)5-11(24)19-8-2-3-10(14)9(4-8)13(15,16)17/h2-4,7H,5-6H2,1H3,(H,19,24). The van der Waals surface area contributed by atoms with Crippen molar-refractivity contribution in [2.24, 2.45) is 0 Å². The molecule has 2 amide bonds. The number of nitrogens with one attached hydrogen (secondary N) is 1. The monoisotopic (exact) mass is 376 g/mol. The van der Waals surface area contributed by atoms with Gasteiger partial charge in [-0.15, -0.1) is 5.10 Å². The topological polar surface area (TPSA) is 93.0 Å². The third-order valence-electron chi connectivity index (χ3n) is 3.05. The van der Waals surface area contributed by atoms with Crippen molar-refractivity contribution in [2.75, 3.05) is 18.9 Å². The first kappa shape index (κ1) is 18.6. The minimum Gasteiger partial charge on any atom is -0.335 e. The molecule has 0 bridgehead atoms. The number of likely N-dealkylation sites (N-methyl/N-ethyl adjacent to an activating group) is 1. The Morgan fingerprint density at radius 1 is 1.36 bits per heavy atom. The van der Waals surface area contributed by atoms with Crippen LogP contribution >= 0.6 is 11.6 Å². The second-order valence-corrected chi connectivity index (χ2v) is 5.40. The molecule has 1 N–H and O–H groups in total. The predicted octanol–water partition coefficient (Wildman–Crippen LogP) is 1.44. The number of hydrogen-bond acceptors (Lipinski definition) is 5. The van der Waals surface area contributed by atoms with E-state index in [1.54, 1.807) is 0 Å². The van der Waals surface area contributed by atoms with Crippen LogP contribution in [0.1, 0.15) is 5.56 Å². The van der Waals surface area contributed by atoms with Gasteiger partial charge in [-0.05, 0) is 28.6 Å². The molecule has 0 fully saturated rings. The molecule has 0 unspecified atom stereocenters. The quantitative estimate of drug-likeness (QED) is 0.852. The molecule has 0 aliphatic heterocycles. The van der Waals surface area contributed by atoms with Crippen LogP contribution in [0.15, 0.2) is 24.5 Å². The molecule has 1 heterocycles. The van der Waals surface area contributed by atoms with Gasteiger partial charge in [0.15, 0.2) is 0 Å². The molecular formula is C13H12ClF3N6O2. The van der Waals surface area contributed by atoms with E-state index in [1.165, 1.54) is 24.1 Å². The van der Waals surface area contributed by atoms with Gasteiger partial charge in [0.25, 0.3) is 0 Å². The summed E-state index contributed by atoms with van der Waals surface area (Å²) in [7, 11) is 1.37. The maximum Gasteiger partial charge on any atom is 0.417 e. The van der Waals surface area contributed by atoms with Gasteiger partial charge in [0.2, 0.25) is 11.8 Å². The Morgan fingerprint density at radius 3 is 2.68 bits per heavy atom. The van der Waals surface area contributed by atoms with E-state index in [0.29, 0.717) is 0 Å². The molecule has 2 rings (SSSR count). The zero-order valence-electron chi connectivity index (χ0n) is 12.8. The highest BCUT2D eigenvalue weighted by Crippen LogP contribution is 2.36. The molecule has 1 aromatic carbocycles. The zero-order chi connectivity index (χ0) is 18.6. The first-order valence-corrected chi connectivity index (χ1v) is 7.16. The van der Waals surface area contributed by atoms with Crippen LogP contribution in [0, 0.1) is 0 Å². The Labute approximate surface area is 144 Å². The minimum absolute atomic E-state index is 0.0805. The summed E-state index contributed by atoms with van der Waals surface area (Å²) in [6.45, 7) is -0.527. The van der Waals surface area contributed by atoms with E-state index in [1.807, 2.05) is 0 Å². The van der Waals surface area contributed by atoms with Gasteiger partial charge in [0.05, 0.1) is 17.1 Å². The van der Waals surface area contributed by atoms with E-state index in [2.05, 4.69) is 20.8 Å². The molecule has 2 aromatic rings. The molecule has 1 aromatic heterocycles. The Kier molecular flexibility index (Phi) is 5.57. The van der Waals surface area contributed by atoms with Crippen LogP contribution in [0.25, 0.3) is 0 Å². The molecule has 0 aliphatic carbocycles. The predicted molar refractivity (Wildman–Crippen MR) is 80.5 cm³/mol. The lowest BCUT2D eigenvalue weighted by Gasteiger charge is -2.17. The van der Waals surface area contributed by atoms with Crippen molar-refractivity contribution in [2.45, 2.75) is 12.7 Å². The summed E-state index contributed by atoms with van der Waals surface area (Å²) in [5.74, 6) is -1.11. The molecule has 0 aliphatic rings. The fourth-order valence-corrected chi connectivity index (χ4v) is 2.06. The van der Waals surface area contributed by atoms with Crippen molar-refractivity contribution in [3.05, 3.63) is 35.1 Å². The van der Waals surface area contributed by atoms with Crippen molar-refractivity contribution in [1.29, 1.82) is 0 Å². The van der Waals surface area contributed by atoms with Crippen LogP contribution in [0.4, 0.5) is 18.9 Å². The van der Waals surface area contributed by atoms with E-state index in [4.69, 9.17) is 11.6 Å². The zero-order valence-corrected chi connectivity index (χ0v) is 13.5. The van der Waals surface area contributed by atoms with E-state index < -0.39 is 28.6 Å². The van der Waals surface area contributed by atoms with Gasteiger partial charge in [-0.1, -0.05) is 11.6 Å². The van der Waals surface area contributed by atoms with E-state index >= 15 is 0 Å². The number of halogens is 4. The van der Waals surface area contributed by atoms with Crippen LogP contribution < -0.4 is 5.32 Å². The number of aromatic nitrogens is 4. The number of anilines is 1. The van der Waals surface area contributed by atoms with Crippen LogP contribution in [0.2, 0.25) is 5.02 Å². The molecular weight excluding hydrogens is 365 g/mol. The first-order valence-electron chi connectivity index (χ1n) is 6.78. The number of carbonyl (C=O) groups is 2. The minimum atomic E-state index is -4.64. The van der Waals surface area contributed by atoms with Gasteiger partial charge in [-0.25, -0.2) is 4.68 Å². The highest BCUT2D eigenvalue weighted by Gasteiger charge is 2.33. The number of nitrogens with zero attached hydrogens (tertiary/aromatic N) is 5. The van der Waals surface area contributed by atoms with Crippen LogP contribution in [0.5, 0.6) is 0 Å².